The summed E-state index contributed by atoms with van der Waals surface area (Å²) < 4.78 is 12.4. The number of aromatic nitrogens is 7. The van der Waals surface area contributed by atoms with E-state index in [0.29, 0.717) is 22.9 Å². The largest absolute Gasteiger partial charge is 0.455 e. The Labute approximate surface area is 175 Å². The molecule has 0 aliphatic heterocycles. The number of nitrogens with zero attached hydrogens (tertiary/aromatic N) is 8. The Balaban J connectivity index is 1.55. The lowest BCUT2D eigenvalue weighted by atomic mass is 10.2. The smallest absolute Gasteiger partial charge is 0.332 e. The SMILES string of the molecule is Cn1ccn(-c2ccc(Oc3cc(-n4nncc4C#N)cc4cnn(C)c34)cc2)c1=O. The highest BCUT2D eigenvalue weighted by atomic mass is 16.5. The number of ether oxygens (including phenoxy) is 1. The second-order valence-corrected chi connectivity index (χ2v) is 6.95. The minimum absolute atomic E-state index is 0.126. The summed E-state index contributed by atoms with van der Waals surface area (Å²) >= 11 is 0. The number of hydrogen-bond donors (Lipinski definition) is 0. The van der Waals surface area contributed by atoms with Crippen LogP contribution in [0.3, 0.4) is 0 Å². The van der Waals surface area contributed by atoms with E-state index in [1.54, 1.807) is 53.1 Å². The Bertz CT molecular complexity index is 1510. The van der Waals surface area contributed by atoms with E-state index in [1.165, 1.54) is 15.4 Å². The van der Waals surface area contributed by atoms with Gasteiger partial charge in [0, 0.05) is 37.9 Å². The predicted molar refractivity (Wildman–Crippen MR) is 111 cm³/mol. The van der Waals surface area contributed by atoms with Gasteiger partial charge in [0.1, 0.15) is 17.3 Å². The fourth-order valence-electron chi connectivity index (χ4n) is 3.43. The monoisotopic (exact) mass is 412 g/mol. The Morgan fingerprint density at radius 1 is 1.03 bits per heavy atom. The molecule has 0 atom stereocenters. The molecule has 5 rings (SSSR count). The van der Waals surface area contributed by atoms with Crippen molar-refractivity contribution in [1.29, 1.82) is 5.26 Å². The van der Waals surface area contributed by atoms with Gasteiger partial charge in [-0.15, -0.1) is 5.10 Å². The van der Waals surface area contributed by atoms with Gasteiger partial charge in [0.25, 0.3) is 0 Å². The fourth-order valence-corrected chi connectivity index (χ4v) is 3.43. The summed E-state index contributed by atoms with van der Waals surface area (Å²) in [7, 11) is 3.53. The van der Waals surface area contributed by atoms with Gasteiger partial charge in [0.15, 0.2) is 11.4 Å². The second-order valence-electron chi connectivity index (χ2n) is 6.95. The van der Waals surface area contributed by atoms with Gasteiger partial charge in [-0.25, -0.2) is 9.48 Å². The van der Waals surface area contributed by atoms with Crippen LogP contribution >= 0.6 is 0 Å². The van der Waals surface area contributed by atoms with Gasteiger partial charge in [-0.3, -0.25) is 9.25 Å². The molecule has 0 saturated heterocycles. The average molecular weight is 412 g/mol. The highest BCUT2D eigenvalue weighted by Crippen LogP contribution is 2.33. The van der Waals surface area contributed by atoms with Crippen molar-refractivity contribution in [2.75, 3.05) is 0 Å². The van der Waals surface area contributed by atoms with Crippen LogP contribution in [0, 0.1) is 11.3 Å². The highest BCUT2D eigenvalue weighted by molar-refractivity contribution is 5.87. The van der Waals surface area contributed by atoms with Crippen molar-refractivity contribution in [2.45, 2.75) is 0 Å². The normalized spacial score (nSPS) is 11.0. The number of nitriles is 1. The van der Waals surface area contributed by atoms with Crippen LogP contribution in [-0.2, 0) is 14.1 Å². The van der Waals surface area contributed by atoms with E-state index >= 15 is 0 Å². The van der Waals surface area contributed by atoms with Gasteiger partial charge in [-0.1, -0.05) is 5.21 Å². The molecule has 3 heterocycles. The van der Waals surface area contributed by atoms with Gasteiger partial charge >= 0.3 is 5.69 Å². The lowest BCUT2D eigenvalue weighted by Gasteiger charge is -2.11. The molecule has 0 saturated carbocycles. The van der Waals surface area contributed by atoms with E-state index in [2.05, 4.69) is 21.5 Å². The van der Waals surface area contributed by atoms with Crippen LogP contribution < -0.4 is 10.4 Å². The number of fused-ring (bicyclic) bond motifs is 1. The molecular formula is C21H16N8O2. The van der Waals surface area contributed by atoms with Crippen molar-refractivity contribution in [3.05, 3.63) is 77.4 Å². The van der Waals surface area contributed by atoms with E-state index in [1.807, 2.05) is 25.2 Å². The minimum atomic E-state index is -0.126. The fraction of sp³-hybridized carbons (Fsp3) is 0.0952. The third kappa shape index (κ3) is 3.05. The van der Waals surface area contributed by atoms with Crippen LogP contribution in [0.1, 0.15) is 5.69 Å². The molecule has 0 amide bonds. The number of benzene rings is 2. The van der Waals surface area contributed by atoms with Gasteiger partial charge in [0.2, 0.25) is 0 Å². The summed E-state index contributed by atoms with van der Waals surface area (Å²) in [6, 6.07) is 12.9. The molecule has 0 radical (unpaired) electrons. The van der Waals surface area contributed by atoms with Crippen molar-refractivity contribution in [3.63, 3.8) is 0 Å². The Kier molecular flexibility index (Phi) is 4.15. The van der Waals surface area contributed by atoms with E-state index < -0.39 is 0 Å². The molecule has 0 bridgehead atoms. The van der Waals surface area contributed by atoms with Crippen LogP contribution in [0.15, 0.2) is 66.0 Å². The number of aryl methyl sites for hydroxylation is 2. The van der Waals surface area contributed by atoms with Crippen molar-refractivity contribution in [1.82, 2.24) is 33.9 Å². The highest BCUT2D eigenvalue weighted by Gasteiger charge is 2.15. The molecule has 152 valence electrons. The van der Waals surface area contributed by atoms with E-state index in [9.17, 15) is 10.1 Å². The van der Waals surface area contributed by atoms with Crippen LogP contribution in [0.25, 0.3) is 22.3 Å². The molecule has 10 nitrogen and oxygen atoms in total. The first kappa shape index (κ1) is 18.4. The van der Waals surface area contributed by atoms with Crippen molar-refractivity contribution < 1.29 is 4.74 Å². The standard InChI is InChI=1S/C21H16N8O2/c1-26-7-8-28(21(26)30)15-3-5-18(6-4-15)31-19-10-16(29-17(11-22)13-23-25-29)9-14-12-24-27(2)20(14)19/h3-10,12-13H,1-2H3. The number of imidazole rings is 1. The molecule has 0 N–H and O–H groups in total. The van der Waals surface area contributed by atoms with Crippen molar-refractivity contribution in [3.8, 4) is 28.9 Å². The summed E-state index contributed by atoms with van der Waals surface area (Å²) in [5, 5.41) is 22.3. The van der Waals surface area contributed by atoms with Crippen LogP contribution in [0.2, 0.25) is 0 Å². The summed E-state index contributed by atoms with van der Waals surface area (Å²) in [4.78, 5) is 12.2. The summed E-state index contributed by atoms with van der Waals surface area (Å²) in [5.41, 5.74) is 2.35. The zero-order chi connectivity index (χ0) is 21.5. The summed E-state index contributed by atoms with van der Waals surface area (Å²) in [6.45, 7) is 0. The first-order chi connectivity index (χ1) is 15.0. The lowest BCUT2D eigenvalue weighted by Crippen LogP contribution is -2.20. The van der Waals surface area contributed by atoms with Crippen LogP contribution in [0.4, 0.5) is 0 Å². The molecule has 2 aromatic carbocycles. The molecule has 31 heavy (non-hydrogen) atoms. The predicted octanol–water partition coefficient (Wildman–Crippen LogP) is 2.31. The van der Waals surface area contributed by atoms with Gasteiger partial charge < -0.3 is 9.30 Å². The Morgan fingerprint density at radius 3 is 2.55 bits per heavy atom. The van der Waals surface area contributed by atoms with Crippen LogP contribution in [-0.4, -0.2) is 33.9 Å². The topological polar surface area (TPSA) is 108 Å². The number of hydrogen-bond acceptors (Lipinski definition) is 6. The molecule has 0 aliphatic carbocycles. The second kappa shape index (κ2) is 7.00. The third-order valence-electron chi connectivity index (χ3n) is 4.98. The van der Waals surface area contributed by atoms with Crippen molar-refractivity contribution >= 4 is 10.9 Å². The van der Waals surface area contributed by atoms with Crippen LogP contribution in [0.5, 0.6) is 11.5 Å². The van der Waals surface area contributed by atoms with Gasteiger partial charge in [-0.05, 0) is 30.3 Å². The summed E-state index contributed by atoms with van der Waals surface area (Å²) in [6.07, 6.45) is 6.54. The molecule has 10 heteroatoms. The molecule has 0 fully saturated rings. The molecular weight excluding hydrogens is 396 g/mol. The van der Waals surface area contributed by atoms with E-state index in [-0.39, 0.29) is 5.69 Å². The molecule has 0 aliphatic rings. The Morgan fingerprint density at radius 2 is 1.84 bits per heavy atom. The van der Waals surface area contributed by atoms with Crippen molar-refractivity contribution in [2.24, 2.45) is 14.1 Å². The van der Waals surface area contributed by atoms with Gasteiger partial charge in [-0.2, -0.15) is 10.4 Å². The third-order valence-corrected chi connectivity index (χ3v) is 4.98. The zero-order valence-electron chi connectivity index (χ0n) is 16.7. The average Bonchev–Trinajstić information content (AvgIpc) is 3.49. The maximum absolute atomic E-state index is 12.2. The van der Waals surface area contributed by atoms with Gasteiger partial charge in [0.05, 0.1) is 23.8 Å². The lowest BCUT2D eigenvalue weighted by molar-refractivity contribution is 0.484. The molecule has 3 aromatic heterocycles. The first-order valence-electron chi connectivity index (χ1n) is 9.34. The summed E-state index contributed by atoms with van der Waals surface area (Å²) in [5.74, 6) is 1.14. The zero-order valence-corrected chi connectivity index (χ0v) is 16.7. The first-order valence-corrected chi connectivity index (χ1v) is 9.34. The quantitative estimate of drug-likeness (QED) is 0.448. The molecule has 0 unspecified atom stereocenters. The van der Waals surface area contributed by atoms with E-state index in [0.717, 1.165) is 16.6 Å². The maximum Gasteiger partial charge on any atom is 0.332 e. The maximum atomic E-state index is 12.2. The minimum Gasteiger partial charge on any atom is -0.455 e. The molecule has 0 spiro atoms. The molecule has 5 aromatic rings. The number of rotatable bonds is 4. The Hall–Kier alpha value is -4.65. The van der Waals surface area contributed by atoms with E-state index in [4.69, 9.17) is 4.74 Å².